The van der Waals surface area contributed by atoms with Gasteiger partial charge in [0.2, 0.25) is 0 Å². The summed E-state index contributed by atoms with van der Waals surface area (Å²) < 4.78 is 18.8. The van der Waals surface area contributed by atoms with Crippen molar-refractivity contribution >= 4 is 17.3 Å². The molecule has 2 nitrogen and oxygen atoms in total. The van der Waals surface area contributed by atoms with Crippen molar-refractivity contribution in [3.05, 3.63) is 94.8 Å². The van der Waals surface area contributed by atoms with Crippen molar-refractivity contribution < 1.29 is 9.13 Å². The summed E-state index contributed by atoms with van der Waals surface area (Å²) in [4.78, 5) is 0. The van der Waals surface area contributed by atoms with Crippen LogP contribution in [0.5, 0.6) is 5.75 Å². The molecule has 3 aromatic carbocycles. The first-order valence-electron chi connectivity index (χ1n) is 7.65. The van der Waals surface area contributed by atoms with Gasteiger partial charge in [-0.25, -0.2) is 4.39 Å². The van der Waals surface area contributed by atoms with E-state index in [9.17, 15) is 4.39 Å². The van der Waals surface area contributed by atoms with E-state index in [1.807, 2.05) is 54.6 Å². The van der Waals surface area contributed by atoms with E-state index in [1.165, 1.54) is 12.1 Å². The Balaban J connectivity index is 1.54. The number of nitrogens with one attached hydrogen (secondary N) is 1. The van der Waals surface area contributed by atoms with Crippen molar-refractivity contribution in [1.29, 1.82) is 0 Å². The Hall–Kier alpha value is -2.52. The molecule has 0 unspecified atom stereocenters. The largest absolute Gasteiger partial charge is 0.489 e. The maximum Gasteiger partial charge on any atom is 0.123 e. The minimum absolute atomic E-state index is 0.253. The second-order valence-corrected chi connectivity index (χ2v) is 5.80. The van der Waals surface area contributed by atoms with Crippen molar-refractivity contribution in [2.24, 2.45) is 0 Å². The fourth-order valence-corrected chi connectivity index (χ4v) is 2.50. The molecule has 0 radical (unpaired) electrons. The molecule has 24 heavy (non-hydrogen) atoms. The molecule has 3 rings (SSSR count). The van der Waals surface area contributed by atoms with Crippen LogP contribution in [0.4, 0.5) is 10.1 Å². The van der Waals surface area contributed by atoms with Crippen LogP contribution in [0.1, 0.15) is 11.1 Å². The SMILES string of the molecule is Fc1cccc(COc2ccc(CNc3ccccc3Cl)cc2)c1. The van der Waals surface area contributed by atoms with Crippen LogP contribution in [0.15, 0.2) is 72.8 Å². The second-order valence-electron chi connectivity index (χ2n) is 5.40. The molecule has 1 N–H and O–H groups in total. The molecule has 0 aromatic heterocycles. The van der Waals surface area contributed by atoms with Gasteiger partial charge < -0.3 is 10.1 Å². The van der Waals surface area contributed by atoms with E-state index >= 15 is 0 Å². The van der Waals surface area contributed by atoms with Gasteiger partial charge in [-0.2, -0.15) is 0 Å². The molecular weight excluding hydrogens is 325 g/mol. The predicted molar refractivity (Wildman–Crippen MR) is 96.0 cm³/mol. The number of ether oxygens (including phenoxy) is 1. The lowest BCUT2D eigenvalue weighted by atomic mass is 10.2. The second kappa shape index (κ2) is 7.84. The maximum atomic E-state index is 13.1. The summed E-state index contributed by atoms with van der Waals surface area (Å²) in [5, 5.41) is 4.00. The van der Waals surface area contributed by atoms with E-state index in [0.29, 0.717) is 18.2 Å². The quantitative estimate of drug-likeness (QED) is 0.623. The van der Waals surface area contributed by atoms with Crippen LogP contribution < -0.4 is 10.1 Å². The molecule has 0 fully saturated rings. The van der Waals surface area contributed by atoms with Crippen molar-refractivity contribution in [2.75, 3.05) is 5.32 Å². The molecule has 0 bridgehead atoms. The molecule has 0 aliphatic carbocycles. The number of benzene rings is 3. The molecule has 0 aliphatic rings. The monoisotopic (exact) mass is 341 g/mol. The lowest BCUT2D eigenvalue weighted by molar-refractivity contribution is 0.305. The zero-order valence-electron chi connectivity index (χ0n) is 13.0. The van der Waals surface area contributed by atoms with Gasteiger partial charge in [0.1, 0.15) is 18.2 Å². The van der Waals surface area contributed by atoms with Crippen LogP contribution in [0, 0.1) is 5.82 Å². The Bertz CT molecular complexity index is 805. The standard InChI is InChI=1S/C20H17ClFNO/c21-19-6-1-2-7-20(19)23-13-15-8-10-18(11-9-15)24-14-16-4-3-5-17(22)12-16/h1-12,23H,13-14H2. The van der Waals surface area contributed by atoms with E-state index in [0.717, 1.165) is 22.6 Å². The highest BCUT2D eigenvalue weighted by atomic mass is 35.5. The van der Waals surface area contributed by atoms with Gasteiger partial charge >= 0.3 is 0 Å². The molecule has 122 valence electrons. The van der Waals surface area contributed by atoms with E-state index in [1.54, 1.807) is 6.07 Å². The molecule has 0 saturated heterocycles. The zero-order chi connectivity index (χ0) is 16.8. The molecular formula is C20H17ClFNO. The third kappa shape index (κ3) is 4.49. The van der Waals surface area contributed by atoms with Crippen molar-refractivity contribution in [1.82, 2.24) is 0 Å². The maximum absolute atomic E-state index is 13.1. The third-order valence-corrected chi connectivity index (χ3v) is 3.90. The summed E-state index contributed by atoms with van der Waals surface area (Å²) in [5.74, 6) is 0.498. The van der Waals surface area contributed by atoms with Crippen molar-refractivity contribution in [2.45, 2.75) is 13.2 Å². The minimum Gasteiger partial charge on any atom is -0.489 e. The average molecular weight is 342 g/mol. The number of anilines is 1. The molecule has 4 heteroatoms. The lowest BCUT2D eigenvalue weighted by Crippen LogP contribution is -2.00. The minimum atomic E-state index is -0.253. The van der Waals surface area contributed by atoms with Gasteiger partial charge in [0.05, 0.1) is 10.7 Å². The van der Waals surface area contributed by atoms with Gasteiger partial charge in [-0.1, -0.05) is 48.0 Å². The third-order valence-electron chi connectivity index (χ3n) is 3.57. The highest BCUT2D eigenvalue weighted by molar-refractivity contribution is 6.33. The lowest BCUT2D eigenvalue weighted by Gasteiger charge is -2.10. The van der Waals surface area contributed by atoms with Crippen molar-refractivity contribution in [3.8, 4) is 5.75 Å². The van der Waals surface area contributed by atoms with E-state index in [2.05, 4.69) is 5.32 Å². The highest BCUT2D eigenvalue weighted by Crippen LogP contribution is 2.21. The Kier molecular flexibility index (Phi) is 5.34. The van der Waals surface area contributed by atoms with Crippen LogP contribution in [0.25, 0.3) is 0 Å². The first-order chi connectivity index (χ1) is 11.7. The van der Waals surface area contributed by atoms with E-state index in [4.69, 9.17) is 16.3 Å². The average Bonchev–Trinajstić information content (AvgIpc) is 2.60. The highest BCUT2D eigenvalue weighted by Gasteiger charge is 2.01. The number of halogens is 2. The molecule has 0 atom stereocenters. The Morgan fingerprint density at radius 3 is 2.42 bits per heavy atom. The number of rotatable bonds is 6. The Morgan fingerprint density at radius 1 is 0.875 bits per heavy atom. The molecule has 3 aromatic rings. The van der Waals surface area contributed by atoms with Gasteiger partial charge in [0.25, 0.3) is 0 Å². The summed E-state index contributed by atoms with van der Waals surface area (Å²) in [7, 11) is 0. The molecule has 0 spiro atoms. The first-order valence-corrected chi connectivity index (χ1v) is 8.03. The normalized spacial score (nSPS) is 10.4. The van der Waals surface area contributed by atoms with Gasteiger partial charge in [-0.05, 0) is 47.5 Å². The van der Waals surface area contributed by atoms with Gasteiger partial charge in [-0.3, -0.25) is 0 Å². The Morgan fingerprint density at radius 2 is 1.67 bits per heavy atom. The van der Waals surface area contributed by atoms with Gasteiger partial charge in [-0.15, -0.1) is 0 Å². The number of para-hydroxylation sites is 1. The summed E-state index contributed by atoms with van der Waals surface area (Å²) >= 11 is 6.12. The van der Waals surface area contributed by atoms with Crippen LogP contribution >= 0.6 is 11.6 Å². The fourth-order valence-electron chi connectivity index (χ4n) is 2.30. The number of hydrogen-bond donors (Lipinski definition) is 1. The Labute approximate surface area is 145 Å². The number of hydrogen-bond acceptors (Lipinski definition) is 2. The molecule has 0 amide bonds. The molecule has 0 aliphatic heterocycles. The van der Waals surface area contributed by atoms with Crippen LogP contribution in [-0.4, -0.2) is 0 Å². The van der Waals surface area contributed by atoms with E-state index < -0.39 is 0 Å². The van der Waals surface area contributed by atoms with Crippen molar-refractivity contribution in [3.63, 3.8) is 0 Å². The van der Waals surface area contributed by atoms with Gasteiger partial charge in [0.15, 0.2) is 0 Å². The van der Waals surface area contributed by atoms with Gasteiger partial charge in [0, 0.05) is 6.54 Å². The van der Waals surface area contributed by atoms with E-state index in [-0.39, 0.29) is 5.82 Å². The predicted octanol–water partition coefficient (Wildman–Crippen LogP) is 5.67. The smallest absolute Gasteiger partial charge is 0.123 e. The topological polar surface area (TPSA) is 21.3 Å². The first kappa shape index (κ1) is 16.3. The van der Waals surface area contributed by atoms with Crippen LogP contribution in [0.3, 0.4) is 0 Å². The summed E-state index contributed by atoms with van der Waals surface area (Å²) in [6, 6.07) is 21.8. The van der Waals surface area contributed by atoms with Crippen LogP contribution in [0.2, 0.25) is 5.02 Å². The summed E-state index contributed by atoms with van der Waals surface area (Å²) in [6.07, 6.45) is 0. The molecule has 0 heterocycles. The summed E-state index contributed by atoms with van der Waals surface area (Å²) in [6.45, 7) is 1.02. The van der Waals surface area contributed by atoms with Crippen LogP contribution in [-0.2, 0) is 13.2 Å². The summed E-state index contributed by atoms with van der Waals surface area (Å²) in [5.41, 5.74) is 2.83. The molecule has 0 saturated carbocycles. The fraction of sp³-hybridized carbons (Fsp3) is 0.100. The zero-order valence-corrected chi connectivity index (χ0v) is 13.8.